The molecule has 1 aromatic rings. The molecular weight excluding hydrogens is 227 g/mol. The molecule has 0 N–H and O–H groups in total. The molecule has 1 aromatic heterocycles. The minimum atomic E-state index is -4.32. The fourth-order valence-electron chi connectivity index (χ4n) is 1.84. The number of alkyl halides is 3. The molecule has 17 heavy (non-hydrogen) atoms. The molecule has 0 bridgehead atoms. The van der Waals surface area contributed by atoms with Crippen LogP contribution in [0.25, 0.3) is 0 Å². The van der Waals surface area contributed by atoms with Gasteiger partial charge in [-0.1, -0.05) is 26.3 Å². The first-order valence-electron chi connectivity index (χ1n) is 6.03. The monoisotopic (exact) mass is 245 g/mol. The lowest BCUT2D eigenvalue weighted by Gasteiger charge is -2.28. The van der Waals surface area contributed by atoms with Gasteiger partial charge in [0.05, 0.1) is 0 Å². The van der Waals surface area contributed by atoms with Crippen molar-refractivity contribution in [3.8, 4) is 0 Å². The summed E-state index contributed by atoms with van der Waals surface area (Å²) in [7, 11) is 0. The van der Waals surface area contributed by atoms with E-state index in [1.165, 1.54) is 0 Å². The third kappa shape index (κ3) is 3.20. The molecule has 2 rings (SSSR count). The van der Waals surface area contributed by atoms with Crippen molar-refractivity contribution in [2.24, 2.45) is 0 Å². The van der Waals surface area contributed by atoms with E-state index in [0.717, 1.165) is 19.3 Å². The van der Waals surface area contributed by atoms with Crippen molar-refractivity contribution in [2.45, 2.75) is 52.1 Å². The summed E-state index contributed by atoms with van der Waals surface area (Å²) >= 11 is 0. The van der Waals surface area contributed by atoms with E-state index < -0.39 is 11.9 Å². The summed E-state index contributed by atoms with van der Waals surface area (Å²) < 4.78 is 38.1. The fraction of sp³-hybridized carbons (Fsp3) is 0.615. The number of pyridine rings is 1. The van der Waals surface area contributed by atoms with Crippen molar-refractivity contribution in [1.82, 2.24) is 4.98 Å². The van der Waals surface area contributed by atoms with Gasteiger partial charge in [-0.25, -0.2) is 4.98 Å². The molecule has 0 amide bonds. The van der Waals surface area contributed by atoms with Crippen LogP contribution >= 0.6 is 0 Å². The van der Waals surface area contributed by atoms with E-state index in [1.54, 1.807) is 19.1 Å². The van der Waals surface area contributed by atoms with E-state index in [4.69, 9.17) is 0 Å². The third-order valence-electron chi connectivity index (χ3n) is 2.88. The number of aromatic nitrogens is 1. The Morgan fingerprint density at radius 2 is 1.76 bits per heavy atom. The van der Waals surface area contributed by atoms with E-state index >= 15 is 0 Å². The third-order valence-corrected chi connectivity index (χ3v) is 2.88. The molecule has 1 nitrogen and oxygen atoms in total. The Labute approximate surface area is 100 Å². The van der Waals surface area contributed by atoms with Gasteiger partial charge in [0.2, 0.25) is 0 Å². The molecule has 1 aliphatic carbocycles. The minimum Gasteiger partial charge on any atom is -0.248 e. The second kappa shape index (κ2) is 5.52. The Balaban J connectivity index is 0.000000686. The topological polar surface area (TPSA) is 12.9 Å². The van der Waals surface area contributed by atoms with Crippen LogP contribution in [-0.4, -0.2) is 4.98 Å². The number of halogens is 3. The van der Waals surface area contributed by atoms with E-state index in [2.05, 4.69) is 4.98 Å². The van der Waals surface area contributed by atoms with Crippen LogP contribution in [0.4, 0.5) is 13.2 Å². The number of hydrogen-bond acceptors (Lipinski definition) is 1. The summed E-state index contributed by atoms with van der Waals surface area (Å²) in [4.78, 5) is 3.62. The van der Waals surface area contributed by atoms with Gasteiger partial charge in [0.1, 0.15) is 5.69 Å². The molecule has 0 atom stereocenters. The van der Waals surface area contributed by atoms with Gasteiger partial charge >= 0.3 is 6.18 Å². The lowest BCUT2D eigenvalue weighted by atomic mass is 9.79. The standard InChI is InChI=1S/C11H12F3N.C2H6/c1-7-5-6-9(8-3-2-4-8)10(15-7)11(12,13)14;1-2/h5-6,8H,2-4H2,1H3;1-2H3. The summed E-state index contributed by atoms with van der Waals surface area (Å²) in [6.07, 6.45) is -1.59. The van der Waals surface area contributed by atoms with E-state index in [-0.39, 0.29) is 5.92 Å². The zero-order chi connectivity index (χ0) is 13.1. The fourth-order valence-corrected chi connectivity index (χ4v) is 1.84. The van der Waals surface area contributed by atoms with Gasteiger partial charge in [-0.3, -0.25) is 0 Å². The van der Waals surface area contributed by atoms with Gasteiger partial charge in [-0.15, -0.1) is 0 Å². The molecule has 0 aromatic carbocycles. The van der Waals surface area contributed by atoms with Crippen LogP contribution in [0.15, 0.2) is 12.1 Å². The summed E-state index contributed by atoms with van der Waals surface area (Å²) in [6.45, 7) is 5.58. The Morgan fingerprint density at radius 1 is 1.18 bits per heavy atom. The second-order valence-corrected chi connectivity index (χ2v) is 4.02. The van der Waals surface area contributed by atoms with Gasteiger partial charge in [0, 0.05) is 5.69 Å². The van der Waals surface area contributed by atoms with Gasteiger partial charge in [-0.2, -0.15) is 13.2 Å². The Hall–Kier alpha value is -1.06. The van der Waals surface area contributed by atoms with Gasteiger partial charge in [0.15, 0.2) is 0 Å². The van der Waals surface area contributed by atoms with Crippen LogP contribution in [-0.2, 0) is 6.18 Å². The molecule has 1 aliphatic rings. The molecule has 0 saturated heterocycles. The van der Waals surface area contributed by atoms with E-state index in [0.29, 0.717) is 11.3 Å². The van der Waals surface area contributed by atoms with Crippen molar-refractivity contribution in [2.75, 3.05) is 0 Å². The van der Waals surface area contributed by atoms with Crippen LogP contribution in [0.1, 0.15) is 56.0 Å². The van der Waals surface area contributed by atoms with Gasteiger partial charge in [0.25, 0.3) is 0 Å². The van der Waals surface area contributed by atoms with Crippen LogP contribution in [0.5, 0.6) is 0 Å². The van der Waals surface area contributed by atoms with Crippen LogP contribution < -0.4 is 0 Å². The minimum absolute atomic E-state index is 0.0646. The van der Waals surface area contributed by atoms with Crippen molar-refractivity contribution >= 4 is 0 Å². The van der Waals surface area contributed by atoms with Crippen molar-refractivity contribution in [3.63, 3.8) is 0 Å². The summed E-state index contributed by atoms with van der Waals surface area (Å²) in [5.74, 6) is 0.0646. The van der Waals surface area contributed by atoms with Crippen LogP contribution in [0.3, 0.4) is 0 Å². The molecule has 4 heteroatoms. The maximum Gasteiger partial charge on any atom is 0.433 e. The highest BCUT2D eigenvalue weighted by atomic mass is 19.4. The molecule has 1 fully saturated rings. The quantitative estimate of drug-likeness (QED) is 0.698. The average Bonchev–Trinajstić information content (AvgIpc) is 2.19. The molecule has 0 aliphatic heterocycles. The summed E-state index contributed by atoms with van der Waals surface area (Å²) in [5, 5.41) is 0. The number of aryl methyl sites for hydroxylation is 1. The van der Waals surface area contributed by atoms with E-state index in [1.807, 2.05) is 13.8 Å². The lowest BCUT2D eigenvalue weighted by Crippen LogP contribution is -2.18. The van der Waals surface area contributed by atoms with Gasteiger partial charge in [-0.05, 0) is 37.3 Å². The normalized spacial score (nSPS) is 15.9. The maximum absolute atomic E-state index is 12.7. The zero-order valence-electron chi connectivity index (χ0n) is 10.4. The molecule has 0 unspecified atom stereocenters. The van der Waals surface area contributed by atoms with Crippen LogP contribution in [0, 0.1) is 6.92 Å². The van der Waals surface area contributed by atoms with Crippen LogP contribution in [0.2, 0.25) is 0 Å². The highest BCUT2D eigenvalue weighted by Gasteiger charge is 2.38. The molecule has 1 heterocycles. The summed E-state index contributed by atoms with van der Waals surface area (Å²) in [6, 6.07) is 3.23. The number of nitrogens with zero attached hydrogens (tertiary/aromatic N) is 1. The molecule has 0 spiro atoms. The van der Waals surface area contributed by atoms with Crippen molar-refractivity contribution in [3.05, 3.63) is 29.1 Å². The Bertz CT molecular complexity index is 367. The average molecular weight is 245 g/mol. The molecular formula is C13H18F3N. The number of hydrogen-bond donors (Lipinski definition) is 0. The Kier molecular flexibility index (Phi) is 4.54. The largest absolute Gasteiger partial charge is 0.433 e. The Morgan fingerprint density at radius 3 is 2.18 bits per heavy atom. The highest BCUT2D eigenvalue weighted by Crippen LogP contribution is 2.42. The van der Waals surface area contributed by atoms with Crippen molar-refractivity contribution < 1.29 is 13.2 Å². The lowest BCUT2D eigenvalue weighted by molar-refractivity contribution is -0.142. The predicted molar refractivity (Wildman–Crippen MR) is 61.9 cm³/mol. The van der Waals surface area contributed by atoms with Crippen molar-refractivity contribution in [1.29, 1.82) is 0 Å². The summed E-state index contributed by atoms with van der Waals surface area (Å²) in [5.41, 5.74) is 0.108. The molecule has 0 radical (unpaired) electrons. The maximum atomic E-state index is 12.7. The molecule has 96 valence electrons. The molecule has 1 saturated carbocycles. The highest BCUT2D eigenvalue weighted by molar-refractivity contribution is 5.29. The van der Waals surface area contributed by atoms with E-state index in [9.17, 15) is 13.2 Å². The SMILES string of the molecule is CC.Cc1ccc(C2CCC2)c(C(F)(F)F)n1. The predicted octanol–water partition coefficient (Wildman–Crippen LogP) is 4.70. The smallest absolute Gasteiger partial charge is 0.248 e. The first-order chi connectivity index (χ1) is 7.98. The first kappa shape index (κ1) is 14.0. The van der Waals surface area contributed by atoms with Gasteiger partial charge < -0.3 is 0 Å². The number of rotatable bonds is 1. The first-order valence-corrected chi connectivity index (χ1v) is 6.03. The second-order valence-electron chi connectivity index (χ2n) is 4.02. The zero-order valence-corrected chi connectivity index (χ0v) is 10.4.